The van der Waals surface area contributed by atoms with E-state index in [2.05, 4.69) is 16.9 Å². The number of thiazole rings is 1. The maximum Gasteiger partial charge on any atom is 0.273 e. The zero-order valence-corrected chi connectivity index (χ0v) is 16.8. The summed E-state index contributed by atoms with van der Waals surface area (Å²) in [4.78, 5) is 41.0. The summed E-state index contributed by atoms with van der Waals surface area (Å²) in [6.45, 7) is 5.78. The number of nitrogens with one attached hydrogen (secondary N) is 1. The normalized spacial score (nSPS) is 10.8. The number of amides is 1. The standard InChI is InChI=1S/C19H18N4O3S2/c1-3-9-23-17-16(28-19(23)27)18(26)22(11-20-17)10-14(24)12-5-7-13(8-6-12)21-15(25)4-2/h3,5-8,11H,1,4,9-10H2,2H3,(H,21,25). The van der Waals surface area contributed by atoms with Gasteiger partial charge in [-0.3, -0.25) is 19.0 Å². The molecule has 0 saturated carbocycles. The third kappa shape index (κ3) is 4.00. The summed E-state index contributed by atoms with van der Waals surface area (Å²) in [5, 5.41) is 2.72. The van der Waals surface area contributed by atoms with E-state index in [4.69, 9.17) is 12.2 Å². The van der Waals surface area contributed by atoms with Gasteiger partial charge in [-0.15, -0.1) is 6.58 Å². The third-order valence-electron chi connectivity index (χ3n) is 4.08. The van der Waals surface area contributed by atoms with Crippen LogP contribution in [0.4, 0.5) is 5.69 Å². The summed E-state index contributed by atoms with van der Waals surface area (Å²) in [5.41, 5.74) is 1.26. The van der Waals surface area contributed by atoms with Gasteiger partial charge in [0.15, 0.2) is 15.4 Å². The number of hydrogen-bond donors (Lipinski definition) is 1. The Bertz CT molecular complexity index is 1170. The number of anilines is 1. The highest BCUT2D eigenvalue weighted by Gasteiger charge is 2.14. The molecule has 7 nitrogen and oxygen atoms in total. The topological polar surface area (TPSA) is 86.0 Å². The van der Waals surface area contributed by atoms with Crippen LogP contribution in [0.3, 0.4) is 0 Å². The van der Waals surface area contributed by atoms with Crippen molar-refractivity contribution < 1.29 is 9.59 Å². The number of rotatable bonds is 7. The maximum absolute atomic E-state index is 12.7. The van der Waals surface area contributed by atoms with Crippen molar-refractivity contribution >= 4 is 51.3 Å². The molecule has 9 heteroatoms. The second-order valence-electron chi connectivity index (χ2n) is 6.00. The van der Waals surface area contributed by atoms with Crippen LogP contribution in [0.15, 0.2) is 48.0 Å². The predicted molar refractivity (Wildman–Crippen MR) is 113 cm³/mol. The molecule has 0 atom stereocenters. The second kappa shape index (κ2) is 8.41. The summed E-state index contributed by atoms with van der Waals surface area (Å²) in [6.07, 6.45) is 3.42. The van der Waals surface area contributed by atoms with Gasteiger partial charge in [-0.05, 0) is 36.5 Å². The number of hydrogen-bond acceptors (Lipinski definition) is 6. The van der Waals surface area contributed by atoms with Crippen molar-refractivity contribution in [3.05, 3.63) is 63.1 Å². The molecular formula is C19H18N4O3S2. The molecule has 0 unspecified atom stereocenters. The van der Waals surface area contributed by atoms with Crippen molar-refractivity contribution in [3.63, 3.8) is 0 Å². The first kappa shape index (κ1) is 19.8. The molecule has 1 N–H and O–H groups in total. The number of Topliss-reactive ketones (excluding diaryl/α,β-unsaturated/α-hetero) is 1. The highest BCUT2D eigenvalue weighted by molar-refractivity contribution is 7.73. The Balaban J connectivity index is 1.84. The van der Waals surface area contributed by atoms with Gasteiger partial charge in [-0.1, -0.05) is 24.3 Å². The molecule has 0 spiro atoms. The van der Waals surface area contributed by atoms with Crippen LogP contribution < -0.4 is 10.9 Å². The Hall–Kier alpha value is -2.91. The van der Waals surface area contributed by atoms with E-state index in [1.54, 1.807) is 41.8 Å². The Morgan fingerprint density at radius 3 is 2.68 bits per heavy atom. The smallest absolute Gasteiger partial charge is 0.273 e. The maximum atomic E-state index is 12.7. The van der Waals surface area contributed by atoms with Crippen LogP contribution in [-0.2, 0) is 17.9 Å². The van der Waals surface area contributed by atoms with Crippen LogP contribution in [-0.4, -0.2) is 25.8 Å². The van der Waals surface area contributed by atoms with Gasteiger partial charge in [0.25, 0.3) is 5.56 Å². The molecule has 1 amide bonds. The van der Waals surface area contributed by atoms with Gasteiger partial charge in [0.2, 0.25) is 5.91 Å². The molecule has 0 aliphatic rings. The van der Waals surface area contributed by atoms with Crippen molar-refractivity contribution in [3.8, 4) is 0 Å². The molecule has 0 aliphatic carbocycles. The summed E-state index contributed by atoms with van der Waals surface area (Å²) in [7, 11) is 0. The highest BCUT2D eigenvalue weighted by Crippen LogP contribution is 2.18. The zero-order valence-electron chi connectivity index (χ0n) is 15.2. The monoisotopic (exact) mass is 414 g/mol. The summed E-state index contributed by atoms with van der Waals surface area (Å²) >= 11 is 6.46. The van der Waals surface area contributed by atoms with Gasteiger partial charge < -0.3 is 9.88 Å². The molecule has 0 saturated heterocycles. The molecule has 28 heavy (non-hydrogen) atoms. The molecule has 3 aromatic rings. The lowest BCUT2D eigenvalue weighted by molar-refractivity contribution is -0.115. The number of benzene rings is 1. The van der Waals surface area contributed by atoms with E-state index in [0.29, 0.717) is 38.5 Å². The molecule has 2 heterocycles. The molecule has 1 aromatic carbocycles. The van der Waals surface area contributed by atoms with E-state index in [1.807, 2.05) is 0 Å². The van der Waals surface area contributed by atoms with E-state index < -0.39 is 0 Å². The zero-order chi connectivity index (χ0) is 20.3. The van der Waals surface area contributed by atoms with Crippen molar-refractivity contribution in [1.29, 1.82) is 0 Å². The number of aromatic nitrogens is 3. The van der Waals surface area contributed by atoms with E-state index >= 15 is 0 Å². The van der Waals surface area contributed by atoms with Crippen LogP contribution in [0.25, 0.3) is 10.3 Å². The Morgan fingerprint density at radius 2 is 2.04 bits per heavy atom. The lowest BCUT2D eigenvalue weighted by atomic mass is 10.1. The first-order valence-corrected chi connectivity index (χ1v) is 9.79. The largest absolute Gasteiger partial charge is 0.326 e. The second-order valence-corrected chi connectivity index (χ2v) is 7.64. The third-order valence-corrected chi connectivity index (χ3v) is 5.51. The van der Waals surface area contributed by atoms with Crippen molar-refractivity contribution in [2.75, 3.05) is 5.32 Å². The number of carbonyl (C=O) groups is 2. The van der Waals surface area contributed by atoms with Crippen LogP contribution >= 0.6 is 23.6 Å². The lowest BCUT2D eigenvalue weighted by Gasteiger charge is -2.07. The van der Waals surface area contributed by atoms with Gasteiger partial charge in [0.05, 0.1) is 6.54 Å². The molecule has 144 valence electrons. The van der Waals surface area contributed by atoms with Gasteiger partial charge in [0, 0.05) is 24.2 Å². The van der Waals surface area contributed by atoms with E-state index in [9.17, 15) is 14.4 Å². The van der Waals surface area contributed by atoms with Crippen molar-refractivity contribution in [2.24, 2.45) is 0 Å². The van der Waals surface area contributed by atoms with Gasteiger partial charge in [-0.25, -0.2) is 4.98 Å². The fourth-order valence-electron chi connectivity index (χ4n) is 2.61. The minimum absolute atomic E-state index is 0.101. The number of fused-ring (bicyclic) bond motifs is 1. The average Bonchev–Trinajstić information content (AvgIpc) is 3.01. The quantitative estimate of drug-likeness (QED) is 0.364. The number of allylic oxidation sites excluding steroid dienone is 1. The van der Waals surface area contributed by atoms with Crippen LogP contribution in [0, 0.1) is 3.95 Å². The SMILES string of the molecule is C=CCn1c(=S)sc2c(=O)n(CC(=O)c3ccc(NC(=O)CC)cc3)cnc21. The predicted octanol–water partition coefficient (Wildman–Crippen LogP) is 3.41. The van der Waals surface area contributed by atoms with E-state index in [1.165, 1.54) is 22.2 Å². The van der Waals surface area contributed by atoms with Gasteiger partial charge in [-0.2, -0.15) is 0 Å². The van der Waals surface area contributed by atoms with Crippen LogP contribution in [0.2, 0.25) is 0 Å². The van der Waals surface area contributed by atoms with Gasteiger partial charge >= 0.3 is 0 Å². The summed E-state index contributed by atoms with van der Waals surface area (Å²) < 4.78 is 3.97. The average molecular weight is 415 g/mol. The van der Waals surface area contributed by atoms with Crippen molar-refractivity contribution in [2.45, 2.75) is 26.4 Å². The molecule has 3 rings (SSSR count). The Kier molecular flexibility index (Phi) is 5.96. The molecule has 0 aliphatic heterocycles. The van der Waals surface area contributed by atoms with Crippen molar-refractivity contribution in [1.82, 2.24) is 14.1 Å². The van der Waals surface area contributed by atoms with Gasteiger partial charge in [0.1, 0.15) is 11.0 Å². The van der Waals surface area contributed by atoms with Crippen LogP contribution in [0.5, 0.6) is 0 Å². The fourth-order valence-corrected chi connectivity index (χ4v) is 3.93. The molecular weight excluding hydrogens is 396 g/mol. The van der Waals surface area contributed by atoms with E-state index in [-0.39, 0.29) is 23.8 Å². The number of carbonyl (C=O) groups excluding carboxylic acids is 2. The summed E-state index contributed by atoms with van der Waals surface area (Å²) in [6, 6.07) is 6.56. The Morgan fingerprint density at radius 1 is 1.32 bits per heavy atom. The van der Waals surface area contributed by atoms with Crippen LogP contribution in [0.1, 0.15) is 23.7 Å². The number of nitrogens with zero attached hydrogens (tertiary/aromatic N) is 3. The van der Waals surface area contributed by atoms with E-state index in [0.717, 1.165) is 0 Å². The first-order chi connectivity index (χ1) is 13.4. The summed E-state index contributed by atoms with van der Waals surface area (Å²) in [5.74, 6) is -0.332. The minimum Gasteiger partial charge on any atom is -0.326 e. The Labute approximate surface area is 170 Å². The minimum atomic E-state index is -0.302. The highest BCUT2D eigenvalue weighted by atomic mass is 32.1. The fraction of sp³-hybridized carbons (Fsp3) is 0.211. The molecule has 2 aromatic heterocycles. The molecule has 0 bridgehead atoms. The number of ketones is 1. The molecule has 0 fully saturated rings. The first-order valence-electron chi connectivity index (χ1n) is 8.57. The lowest BCUT2D eigenvalue weighted by Crippen LogP contribution is -2.24. The molecule has 0 radical (unpaired) electrons.